The van der Waals surface area contributed by atoms with Crippen molar-refractivity contribution in [2.24, 2.45) is 0 Å². The summed E-state index contributed by atoms with van der Waals surface area (Å²) in [5.41, 5.74) is 0.255. The lowest BCUT2D eigenvalue weighted by molar-refractivity contribution is -0.384. The molecule has 1 aliphatic heterocycles. The number of non-ortho nitro benzene ring substituents is 1. The highest BCUT2D eigenvalue weighted by Crippen LogP contribution is 2.45. The van der Waals surface area contributed by atoms with Gasteiger partial charge in [-0.05, 0) is 36.2 Å². The number of ketones is 1. The van der Waals surface area contributed by atoms with E-state index >= 15 is 0 Å². The molecule has 1 N–H and O–H groups in total. The molecule has 3 aromatic rings. The quantitative estimate of drug-likeness (QED) is 0.337. The first-order chi connectivity index (χ1) is 15.2. The van der Waals surface area contributed by atoms with E-state index in [0.29, 0.717) is 10.7 Å². The van der Waals surface area contributed by atoms with Crippen LogP contribution >= 0.6 is 11.6 Å². The summed E-state index contributed by atoms with van der Waals surface area (Å²) in [5.74, 6) is -1.23. The van der Waals surface area contributed by atoms with Crippen molar-refractivity contribution >= 4 is 34.7 Å². The van der Waals surface area contributed by atoms with Crippen molar-refractivity contribution in [2.45, 2.75) is 25.5 Å². The second-order valence-electron chi connectivity index (χ2n) is 7.75. The van der Waals surface area contributed by atoms with Gasteiger partial charge in [-0.2, -0.15) is 0 Å². The van der Waals surface area contributed by atoms with Crippen molar-refractivity contribution in [1.29, 1.82) is 0 Å². The number of aliphatic hydroxyl groups is 1. The van der Waals surface area contributed by atoms with Crippen LogP contribution in [-0.2, 0) is 16.9 Å². The average molecular weight is 451 g/mol. The van der Waals surface area contributed by atoms with Gasteiger partial charge in [-0.3, -0.25) is 19.7 Å². The molecule has 0 spiro atoms. The van der Waals surface area contributed by atoms with Gasteiger partial charge in [0.2, 0.25) is 0 Å². The van der Waals surface area contributed by atoms with Crippen molar-refractivity contribution in [3.05, 3.63) is 104 Å². The minimum atomic E-state index is -2.13. The zero-order valence-electron chi connectivity index (χ0n) is 17.1. The largest absolute Gasteiger partial charge is 0.375 e. The number of hydrogen-bond donors (Lipinski definition) is 1. The number of carbonyl (C=O) groups is 2. The fourth-order valence-electron chi connectivity index (χ4n) is 3.94. The third-order valence-electron chi connectivity index (χ3n) is 5.68. The molecule has 4 rings (SSSR count). The first-order valence-corrected chi connectivity index (χ1v) is 10.2. The first-order valence-electron chi connectivity index (χ1n) is 9.87. The second kappa shape index (κ2) is 8.18. The molecule has 0 radical (unpaired) electrons. The van der Waals surface area contributed by atoms with E-state index in [2.05, 4.69) is 0 Å². The van der Waals surface area contributed by atoms with Crippen molar-refractivity contribution in [3.63, 3.8) is 0 Å². The lowest BCUT2D eigenvalue weighted by atomic mass is 9.88. The molecule has 1 aliphatic rings. The van der Waals surface area contributed by atoms with E-state index in [1.807, 2.05) is 31.2 Å². The molecule has 32 heavy (non-hydrogen) atoms. The molecule has 8 heteroatoms. The number of rotatable bonds is 6. The summed E-state index contributed by atoms with van der Waals surface area (Å²) in [4.78, 5) is 38.3. The third-order valence-corrected chi connectivity index (χ3v) is 5.91. The molecule has 1 amide bonds. The highest BCUT2D eigenvalue weighted by Gasteiger charge is 2.51. The first kappa shape index (κ1) is 21.7. The summed E-state index contributed by atoms with van der Waals surface area (Å²) in [5, 5.41) is 22.8. The van der Waals surface area contributed by atoms with Crippen LogP contribution in [0.1, 0.15) is 33.5 Å². The summed E-state index contributed by atoms with van der Waals surface area (Å²) >= 11 is 6.14. The predicted octanol–water partition coefficient (Wildman–Crippen LogP) is 4.56. The Morgan fingerprint density at radius 2 is 1.88 bits per heavy atom. The molecule has 0 aromatic heterocycles. The molecule has 7 nitrogen and oxygen atoms in total. The van der Waals surface area contributed by atoms with Crippen molar-refractivity contribution in [3.8, 4) is 0 Å². The van der Waals surface area contributed by atoms with Crippen molar-refractivity contribution < 1.29 is 19.6 Å². The van der Waals surface area contributed by atoms with E-state index in [0.717, 1.165) is 17.2 Å². The van der Waals surface area contributed by atoms with Crippen molar-refractivity contribution in [2.75, 3.05) is 4.90 Å². The predicted molar refractivity (Wildman–Crippen MR) is 120 cm³/mol. The lowest BCUT2D eigenvalue weighted by Crippen LogP contribution is -2.41. The number of carbonyl (C=O) groups excluding carboxylic acids is 2. The summed E-state index contributed by atoms with van der Waals surface area (Å²) in [7, 11) is 0. The monoisotopic (exact) mass is 450 g/mol. The molecule has 162 valence electrons. The Hall–Kier alpha value is -3.55. The highest BCUT2D eigenvalue weighted by atomic mass is 35.5. The summed E-state index contributed by atoms with van der Waals surface area (Å²) in [6.07, 6.45) is -0.565. The van der Waals surface area contributed by atoms with Gasteiger partial charge in [-0.1, -0.05) is 48.0 Å². The Morgan fingerprint density at radius 3 is 2.59 bits per heavy atom. The number of anilines is 1. The standard InChI is InChI=1S/C24H19ClN2O5/c1-15-5-2-3-6-17(15)14-26-21-10-9-18(25)12-20(21)24(30,23(26)29)13-22(28)16-7-4-8-19(11-16)27(31)32/h2-12,30H,13-14H2,1H3. The smallest absolute Gasteiger partial charge is 0.270 e. The minimum Gasteiger partial charge on any atom is -0.375 e. The van der Waals surface area contributed by atoms with Gasteiger partial charge in [-0.15, -0.1) is 0 Å². The van der Waals surface area contributed by atoms with Gasteiger partial charge < -0.3 is 10.0 Å². The van der Waals surface area contributed by atoms with Crippen LogP contribution in [0.4, 0.5) is 11.4 Å². The molecule has 1 heterocycles. The number of nitro benzene ring substituents is 1. The highest BCUT2D eigenvalue weighted by molar-refractivity contribution is 6.31. The molecule has 1 atom stereocenters. The van der Waals surface area contributed by atoms with Crippen LogP contribution in [0, 0.1) is 17.0 Å². The lowest BCUT2D eigenvalue weighted by Gasteiger charge is -2.23. The van der Waals surface area contributed by atoms with Crippen LogP contribution in [0.25, 0.3) is 0 Å². The number of fused-ring (bicyclic) bond motifs is 1. The number of aryl methyl sites for hydroxylation is 1. The Labute approximate surface area is 189 Å². The second-order valence-corrected chi connectivity index (χ2v) is 8.18. The van der Waals surface area contributed by atoms with E-state index < -0.39 is 28.6 Å². The van der Waals surface area contributed by atoms with E-state index in [1.54, 1.807) is 12.1 Å². The number of amides is 1. The number of Topliss-reactive ketones (excluding diaryl/α,β-unsaturated/α-hetero) is 1. The molecular weight excluding hydrogens is 432 g/mol. The molecule has 0 bridgehead atoms. The molecule has 0 aliphatic carbocycles. The van der Waals surface area contributed by atoms with Crippen LogP contribution < -0.4 is 4.90 Å². The topological polar surface area (TPSA) is 101 Å². The number of nitrogens with zero attached hydrogens (tertiary/aromatic N) is 2. The average Bonchev–Trinajstić information content (AvgIpc) is 2.96. The maximum atomic E-state index is 13.4. The maximum Gasteiger partial charge on any atom is 0.270 e. The third kappa shape index (κ3) is 3.77. The molecule has 0 saturated heterocycles. The molecule has 0 saturated carbocycles. The van der Waals surface area contributed by atoms with Gasteiger partial charge >= 0.3 is 0 Å². The summed E-state index contributed by atoms with van der Waals surface area (Å²) in [6.45, 7) is 2.14. The van der Waals surface area contributed by atoms with E-state index in [1.165, 1.54) is 29.2 Å². The summed E-state index contributed by atoms with van der Waals surface area (Å²) < 4.78 is 0. The van der Waals surface area contributed by atoms with Crippen LogP contribution in [0.2, 0.25) is 5.02 Å². The summed E-state index contributed by atoms with van der Waals surface area (Å²) in [6, 6.07) is 17.5. The van der Waals surface area contributed by atoms with Gasteiger partial charge in [0.25, 0.3) is 11.6 Å². The molecule has 1 unspecified atom stereocenters. The Bertz CT molecular complexity index is 1260. The van der Waals surface area contributed by atoms with E-state index in [9.17, 15) is 24.8 Å². The number of hydrogen-bond acceptors (Lipinski definition) is 5. The SMILES string of the molecule is Cc1ccccc1CN1C(=O)C(O)(CC(=O)c2cccc([N+](=O)[O-])c2)c2cc(Cl)ccc21. The van der Waals surface area contributed by atoms with Crippen LogP contribution in [-0.4, -0.2) is 21.7 Å². The number of halogens is 1. The van der Waals surface area contributed by atoms with Crippen molar-refractivity contribution in [1.82, 2.24) is 0 Å². The maximum absolute atomic E-state index is 13.4. The fourth-order valence-corrected chi connectivity index (χ4v) is 4.11. The molecule has 0 fully saturated rings. The minimum absolute atomic E-state index is 0.0429. The van der Waals surface area contributed by atoms with Gasteiger partial charge in [0.1, 0.15) is 0 Å². The fraction of sp³-hybridized carbons (Fsp3) is 0.167. The normalized spacial score (nSPS) is 17.3. The Kier molecular flexibility index (Phi) is 5.54. The van der Waals surface area contributed by atoms with Gasteiger partial charge in [-0.25, -0.2) is 0 Å². The van der Waals surface area contributed by atoms with Gasteiger partial charge in [0.15, 0.2) is 11.4 Å². The van der Waals surface area contributed by atoms with E-state index in [-0.39, 0.29) is 23.4 Å². The molecular formula is C24H19ClN2O5. The zero-order chi connectivity index (χ0) is 23.0. The van der Waals surface area contributed by atoms with Crippen LogP contribution in [0.3, 0.4) is 0 Å². The Morgan fingerprint density at radius 1 is 1.12 bits per heavy atom. The number of nitro groups is 1. The molecule has 3 aromatic carbocycles. The van der Waals surface area contributed by atoms with Crippen LogP contribution in [0.5, 0.6) is 0 Å². The van der Waals surface area contributed by atoms with Crippen LogP contribution in [0.15, 0.2) is 66.7 Å². The van der Waals surface area contributed by atoms with E-state index in [4.69, 9.17) is 11.6 Å². The number of benzene rings is 3. The Balaban J connectivity index is 1.72. The zero-order valence-corrected chi connectivity index (χ0v) is 17.9. The van der Waals surface area contributed by atoms with Gasteiger partial charge in [0, 0.05) is 28.3 Å². The van der Waals surface area contributed by atoms with Gasteiger partial charge in [0.05, 0.1) is 23.6 Å².